The molecule has 8 nitrogen and oxygen atoms in total. The predicted molar refractivity (Wildman–Crippen MR) is 151 cm³/mol. The molecule has 1 aliphatic rings. The zero-order valence-electron chi connectivity index (χ0n) is 22.2. The molecule has 206 valence electrons. The van der Waals surface area contributed by atoms with Gasteiger partial charge in [0.05, 0.1) is 14.2 Å². The highest BCUT2D eigenvalue weighted by Gasteiger charge is 2.32. The number of carbonyl (C=O) groups excluding carboxylic acids is 2. The van der Waals surface area contributed by atoms with Crippen molar-refractivity contribution in [2.45, 2.75) is 50.9 Å². The number of hydrogen-bond donors (Lipinski definition) is 2. The van der Waals surface area contributed by atoms with Gasteiger partial charge in [-0.2, -0.15) is 0 Å². The molecule has 0 bridgehead atoms. The second-order valence-corrected chi connectivity index (χ2v) is 9.92. The lowest BCUT2D eigenvalue weighted by Gasteiger charge is -2.39. The summed E-state index contributed by atoms with van der Waals surface area (Å²) in [6.45, 7) is 0.374. The summed E-state index contributed by atoms with van der Waals surface area (Å²) in [6.07, 6.45) is 3.06. The summed E-state index contributed by atoms with van der Waals surface area (Å²) in [6, 6.07) is 19.4. The summed E-state index contributed by atoms with van der Waals surface area (Å²) < 4.78 is 16.1. The van der Waals surface area contributed by atoms with Gasteiger partial charge >= 0.3 is 6.09 Å². The first-order chi connectivity index (χ1) is 18.9. The smallest absolute Gasteiger partial charge is 0.411 e. The Labute approximate surface area is 234 Å². The number of carbonyl (C=O) groups is 2. The van der Waals surface area contributed by atoms with Crippen LogP contribution in [0.15, 0.2) is 66.7 Å². The first-order valence-electron chi connectivity index (χ1n) is 12.9. The normalized spacial score (nSPS) is 16.7. The summed E-state index contributed by atoms with van der Waals surface area (Å²) in [7, 11) is 3.08. The van der Waals surface area contributed by atoms with E-state index in [-0.39, 0.29) is 31.1 Å². The Bertz CT molecular complexity index is 1290. The van der Waals surface area contributed by atoms with E-state index < -0.39 is 6.09 Å². The number of benzene rings is 3. The predicted octanol–water partition coefficient (Wildman–Crippen LogP) is 6.02. The van der Waals surface area contributed by atoms with Crippen molar-refractivity contribution >= 4 is 29.3 Å². The fourth-order valence-electron chi connectivity index (χ4n) is 4.84. The molecule has 39 heavy (non-hydrogen) atoms. The first kappa shape index (κ1) is 28.3. The molecule has 3 N–H and O–H groups in total. The number of methoxy groups -OCH3 is 2. The number of ether oxygens (including phenoxy) is 3. The number of amides is 2. The summed E-state index contributed by atoms with van der Waals surface area (Å²) in [5.41, 5.74) is 9.06. The van der Waals surface area contributed by atoms with Crippen molar-refractivity contribution in [1.82, 2.24) is 4.90 Å². The highest BCUT2D eigenvalue weighted by atomic mass is 35.5. The van der Waals surface area contributed by atoms with Crippen molar-refractivity contribution in [3.63, 3.8) is 0 Å². The zero-order valence-corrected chi connectivity index (χ0v) is 22.9. The number of nitrogens with one attached hydrogen (secondary N) is 1. The highest BCUT2D eigenvalue weighted by molar-refractivity contribution is 6.31. The van der Waals surface area contributed by atoms with Crippen LogP contribution in [0.2, 0.25) is 5.02 Å². The third-order valence-electron chi connectivity index (χ3n) is 6.92. The molecule has 3 aromatic carbocycles. The van der Waals surface area contributed by atoms with Gasteiger partial charge in [0.2, 0.25) is 0 Å². The molecule has 2 atom stereocenters. The average Bonchev–Trinajstić information content (AvgIpc) is 2.96. The van der Waals surface area contributed by atoms with Crippen LogP contribution in [-0.4, -0.2) is 43.2 Å². The number of hydrogen-bond acceptors (Lipinski definition) is 6. The summed E-state index contributed by atoms with van der Waals surface area (Å²) in [4.78, 5) is 28.1. The molecule has 9 heteroatoms. The number of halogens is 1. The van der Waals surface area contributed by atoms with E-state index in [9.17, 15) is 9.59 Å². The van der Waals surface area contributed by atoms with Gasteiger partial charge in [-0.15, -0.1) is 0 Å². The van der Waals surface area contributed by atoms with E-state index in [1.54, 1.807) is 48.4 Å². The Kier molecular flexibility index (Phi) is 9.68. The second-order valence-electron chi connectivity index (χ2n) is 9.51. The molecule has 0 saturated heterocycles. The Morgan fingerprint density at radius 2 is 1.72 bits per heavy atom. The molecule has 3 aromatic rings. The summed E-state index contributed by atoms with van der Waals surface area (Å²) in [5, 5.41) is 3.23. The Balaban J connectivity index is 1.55. The van der Waals surface area contributed by atoms with E-state index in [1.165, 1.54) is 7.11 Å². The molecule has 2 amide bonds. The number of rotatable bonds is 9. The van der Waals surface area contributed by atoms with E-state index in [1.807, 2.05) is 30.3 Å². The minimum absolute atomic E-state index is 0.153. The highest BCUT2D eigenvalue weighted by Crippen LogP contribution is 2.32. The largest absolute Gasteiger partial charge is 0.493 e. The lowest BCUT2D eigenvalue weighted by molar-refractivity contribution is 0.0583. The van der Waals surface area contributed by atoms with E-state index >= 15 is 0 Å². The molecule has 0 aliphatic heterocycles. The SMILES string of the molecule is COc1ccc(C(=O)N(Cc2cc(NC(=O)OCc3ccccc3)ccc2Cl)C2CCCCC2N)cc1OC. The standard InChI is InChI=1S/C30H34ClN3O5/c1-37-27-15-12-21(17-28(27)38-2)29(35)34(26-11-7-6-10-25(26)32)18-22-16-23(13-14-24(22)31)33-30(36)39-19-20-8-4-3-5-9-20/h3-5,8-9,12-17,25-26H,6-7,10-11,18-19,32H2,1-2H3,(H,33,36). The van der Waals surface area contributed by atoms with Crippen molar-refractivity contribution in [2.24, 2.45) is 5.73 Å². The second kappa shape index (κ2) is 13.4. The Morgan fingerprint density at radius 3 is 2.44 bits per heavy atom. The van der Waals surface area contributed by atoms with E-state index in [4.69, 9.17) is 31.5 Å². The molecule has 0 radical (unpaired) electrons. The van der Waals surface area contributed by atoms with E-state index in [0.29, 0.717) is 33.3 Å². The number of nitrogens with zero attached hydrogens (tertiary/aromatic N) is 1. The lowest BCUT2D eigenvalue weighted by atomic mass is 9.89. The maximum atomic E-state index is 13.9. The molecule has 4 rings (SSSR count). The van der Waals surface area contributed by atoms with Gasteiger partial charge in [0.1, 0.15) is 6.61 Å². The summed E-state index contributed by atoms with van der Waals surface area (Å²) >= 11 is 6.58. The topological polar surface area (TPSA) is 103 Å². The Hall–Kier alpha value is -3.75. The van der Waals surface area contributed by atoms with Crippen LogP contribution in [0.25, 0.3) is 0 Å². The van der Waals surface area contributed by atoms with Crippen molar-refractivity contribution < 1.29 is 23.8 Å². The van der Waals surface area contributed by atoms with E-state index in [2.05, 4.69) is 5.32 Å². The van der Waals surface area contributed by atoms with Crippen molar-refractivity contribution in [3.05, 3.63) is 88.4 Å². The van der Waals surface area contributed by atoms with Crippen molar-refractivity contribution in [3.8, 4) is 11.5 Å². The average molecular weight is 552 g/mol. The molecule has 1 saturated carbocycles. The van der Waals surface area contributed by atoms with Gasteiger partial charge in [-0.3, -0.25) is 10.1 Å². The van der Waals surface area contributed by atoms with Gasteiger partial charge in [0.25, 0.3) is 5.91 Å². The quantitative estimate of drug-likeness (QED) is 0.337. The van der Waals surface area contributed by atoms with Crippen LogP contribution >= 0.6 is 11.6 Å². The summed E-state index contributed by atoms with van der Waals surface area (Å²) in [5.74, 6) is 0.820. The van der Waals surface area contributed by atoms with Crippen LogP contribution in [0.4, 0.5) is 10.5 Å². The monoisotopic (exact) mass is 551 g/mol. The van der Waals surface area contributed by atoms with Gasteiger partial charge in [-0.25, -0.2) is 4.79 Å². The third kappa shape index (κ3) is 7.22. The molecular formula is C30H34ClN3O5. The minimum atomic E-state index is -0.584. The molecule has 0 heterocycles. The molecular weight excluding hydrogens is 518 g/mol. The van der Waals surface area contributed by atoms with Crippen LogP contribution < -0.4 is 20.5 Å². The van der Waals surface area contributed by atoms with Crippen LogP contribution in [-0.2, 0) is 17.9 Å². The van der Waals surface area contributed by atoms with Crippen LogP contribution in [0.3, 0.4) is 0 Å². The van der Waals surface area contributed by atoms with Gasteiger partial charge < -0.3 is 24.8 Å². The van der Waals surface area contributed by atoms with Gasteiger partial charge in [-0.1, -0.05) is 54.8 Å². The van der Waals surface area contributed by atoms with E-state index in [0.717, 1.165) is 31.2 Å². The van der Waals surface area contributed by atoms with Crippen LogP contribution in [0.5, 0.6) is 11.5 Å². The van der Waals surface area contributed by atoms with Gasteiger partial charge in [0.15, 0.2) is 11.5 Å². The van der Waals surface area contributed by atoms with Crippen molar-refractivity contribution in [1.29, 1.82) is 0 Å². The maximum Gasteiger partial charge on any atom is 0.411 e. The molecule has 0 aromatic heterocycles. The third-order valence-corrected chi connectivity index (χ3v) is 7.29. The molecule has 0 spiro atoms. The molecule has 2 unspecified atom stereocenters. The molecule has 1 fully saturated rings. The van der Waals surface area contributed by atoms with Crippen molar-refractivity contribution in [2.75, 3.05) is 19.5 Å². The van der Waals surface area contributed by atoms with Gasteiger partial charge in [0, 0.05) is 34.9 Å². The molecule has 1 aliphatic carbocycles. The fraction of sp³-hybridized carbons (Fsp3) is 0.333. The zero-order chi connectivity index (χ0) is 27.8. The van der Waals surface area contributed by atoms with Crippen LogP contribution in [0, 0.1) is 0 Å². The number of nitrogens with two attached hydrogens (primary N) is 1. The maximum absolute atomic E-state index is 13.9. The van der Waals surface area contributed by atoms with Gasteiger partial charge in [-0.05, 0) is 60.4 Å². The fourth-order valence-corrected chi connectivity index (χ4v) is 5.01. The Morgan fingerprint density at radius 1 is 0.974 bits per heavy atom. The first-order valence-corrected chi connectivity index (χ1v) is 13.3. The van der Waals surface area contributed by atoms with Crippen LogP contribution in [0.1, 0.15) is 47.2 Å². The lowest BCUT2D eigenvalue weighted by Crippen LogP contribution is -2.51. The minimum Gasteiger partial charge on any atom is -0.493 e. The number of anilines is 1.